The second kappa shape index (κ2) is 8.54. The van der Waals surface area contributed by atoms with Crippen LogP contribution in [0, 0.1) is 6.92 Å². The Labute approximate surface area is 170 Å². The van der Waals surface area contributed by atoms with Crippen LogP contribution in [0.25, 0.3) is 0 Å². The van der Waals surface area contributed by atoms with Gasteiger partial charge in [0.05, 0.1) is 30.0 Å². The Morgan fingerprint density at radius 3 is 2.66 bits per heavy atom. The van der Waals surface area contributed by atoms with Gasteiger partial charge in [0.2, 0.25) is 11.8 Å². The molecule has 0 N–H and O–H groups in total. The van der Waals surface area contributed by atoms with Crippen LogP contribution >= 0.6 is 0 Å². The van der Waals surface area contributed by atoms with Gasteiger partial charge in [-0.3, -0.25) is 19.7 Å². The highest BCUT2D eigenvalue weighted by Gasteiger charge is 2.40. The summed E-state index contributed by atoms with van der Waals surface area (Å²) in [6, 6.07) is 0. The predicted octanol–water partition coefficient (Wildman–Crippen LogP) is 1.51. The highest BCUT2D eigenvalue weighted by molar-refractivity contribution is 5.77. The fourth-order valence-electron chi connectivity index (χ4n) is 3.93. The molecule has 29 heavy (non-hydrogen) atoms. The van der Waals surface area contributed by atoms with Crippen molar-refractivity contribution in [2.45, 2.75) is 58.2 Å². The maximum absolute atomic E-state index is 12.9. The smallest absolute Gasteiger partial charge is 0.246 e. The number of carbonyl (C=O) groups is 1. The first-order chi connectivity index (χ1) is 14.0. The van der Waals surface area contributed by atoms with E-state index in [0.717, 1.165) is 43.9 Å². The second-order valence-corrected chi connectivity index (χ2v) is 7.91. The molecule has 0 radical (unpaired) electrons. The lowest BCUT2D eigenvalue weighted by atomic mass is 9.87. The Kier molecular flexibility index (Phi) is 5.86. The first-order valence-corrected chi connectivity index (χ1v) is 10.3. The number of piperidine rings is 1. The molecule has 156 valence electrons. The van der Waals surface area contributed by atoms with E-state index in [1.807, 2.05) is 20.0 Å². The summed E-state index contributed by atoms with van der Waals surface area (Å²) in [6.07, 6.45) is 6.44. The summed E-state index contributed by atoms with van der Waals surface area (Å²) in [5.74, 6) is 1.25. The van der Waals surface area contributed by atoms with Gasteiger partial charge in [-0.2, -0.15) is 4.98 Å². The Morgan fingerprint density at radius 1 is 1.14 bits per heavy atom. The number of hydrogen-bond donors (Lipinski definition) is 0. The number of nitrogens with zero attached hydrogens (tertiary/aromatic N) is 6. The van der Waals surface area contributed by atoms with Gasteiger partial charge in [0.1, 0.15) is 6.54 Å². The van der Waals surface area contributed by atoms with Gasteiger partial charge in [-0.15, -0.1) is 0 Å². The minimum Gasteiger partial charge on any atom is -0.373 e. The molecular formula is C20H28N6O3. The van der Waals surface area contributed by atoms with Gasteiger partial charge in [0.25, 0.3) is 0 Å². The van der Waals surface area contributed by atoms with Crippen molar-refractivity contribution in [3.63, 3.8) is 0 Å². The van der Waals surface area contributed by atoms with Crippen LogP contribution in [0.3, 0.4) is 0 Å². The van der Waals surface area contributed by atoms with Crippen molar-refractivity contribution < 1.29 is 14.1 Å². The fourth-order valence-corrected chi connectivity index (χ4v) is 3.93. The van der Waals surface area contributed by atoms with Gasteiger partial charge in [-0.1, -0.05) is 12.1 Å². The van der Waals surface area contributed by atoms with E-state index in [0.29, 0.717) is 44.3 Å². The minimum absolute atomic E-state index is 0.0941. The molecule has 2 aliphatic heterocycles. The van der Waals surface area contributed by atoms with Crippen molar-refractivity contribution in [3.05, 3.63) is 35.5 Å². The summed E-state index contributed by atoms with van der Waals surface area (Å²) in [7, 11) is 0. The molecule has 0 aromatic carbocycles. The molecule has 2 fully saturated rings. The summed E-state index contributed by atoms with van der Waals surface area (Å²) in [6.45, 7) is 7.88. The van der Waals surface area contributed by atoms with Crippen LogP contribution in [0.4, 0.5) is 0 Å². The van der Waals surface area contributed by atoms with Crippen LogP contribution in [0.15, 0.2) is 16.9 Å². The van der Waals surface area contributed by atoms with Gasteiger partial charge in [0, 0.05) is 45.0 Å². The molecule has 2 aromatic rings. The van der Waals surface area contributed by atoms with Crippen LogP contribution in [0.2, 0.25) is 0 Å². The van der Waals surface area contributed by atoms with Crippen molar-refractivity contribution in [2.75, 3.05) is 26.2 Å². The van der Waals surface area contributed by atoms with Crippen LogP contribution in [0.1, 0.15) is 49.3 Å². The van der Waals surface area contributed by atoms with Crippen LogP contribution < -0.4 is 0 Å². The van der Waals surface area contributed by atoms with Crippen LogP contribution in [-0.4, -0.2) is 67.7 Å². The number of aryl methyl sites for hydroxylation is 2. The zero-order valence-corrected chi connectivity index (χ0v) is 17.1. The van der Waals surface area contributed by atoms with Gasteiger partial charge < -0.3 is 14.2 Å². The van der Waals surface area contributed by atoms with E-state index in [2.05, 4.69) is 25.0 Å². The fraction of sp³-hybridized carbons (Fsp3) is 0.650. The topological polar surface area (TPSA) is 97.5 Å². The third kappa shape index (κ3) is 4.79. The lowest BCUT2D eigenvalue weighted by Gasteiger charge is -2.40. The summed E-state index contributed by atoms with van der Waals surface area (Å²) >= 11 is 0. The molecule has 0 aliphatic carbocycles. The molecule has 4 heterocycles. The highest BCUT2D eigenvalue weighted by atomic mass is 16.5. The lowest BCUT2D eigenvalue weighted by Crippen LogP contribution is -2.47. The maximum atomic E-state index is 12.9. The van der Waals surface area contributed by atoms with Crippen LogP contribution in [-0.2, 0) is 29.0 Å². The molecule has 0 bridgehead atoms. The normalized spacial score (nSPS) is 20.2. The zero-order chi connectivity index (χ0) is 20.3. The number of amides is 1. The van der Waals surface area contributed by atoms with E-state index in [4.69, 9.17) is 9.26 Å². The monoisotopic (exact) mass is 400 g/mol. The first-order valence-electron chi connectivity index (χ1n) is 10.3. The molecule has 1 spiro atoms. The van der Waals surface area contributed by atoms with E-state index < -0.39 is 0 Å². The second-order valence-electron chi connectivity index (χ2n) is 7.91. The maximum Gasteiger partial charge on any atom is 0.246 e. The molecule has 2 aromatic heterocycles. The Balaban J connectivity index is 1.32. The molecule has 4 rings (SSSR count). The molecule has 1 amide bonds. The first kappa shape index (κ1) is 19.9. The number of ether oxygens (including phenoxy) is 1. The zero-order valence-electron chi connectivity index (χ0n) is 17.1. The highest BCUT2D eigenvalue weighted by Crippen LogP contribution is 2.33. The van der Waals surface area contributed by atoms with E-state index >= 15 is 0 Å². The van der Waals surface area contributed by atoms with Crippen molar-refractivity contribution in [1.82, 2.24) is 29.9 Å². The molecule has 0 saturated carbocycles. The third-order valence-corrected chi connectivity index (χ3v) is 5.74. The van der Waals surface area contributed by atoms with Gasteiger partial charge in [-0.25, -0.2) is 0 Å². The molecular weight excluding hydrogens is 372 g/mol. The molecule has 9 heteroatoms. The SMILES string of the molecule is CCc1noc(CN2CCOC3(CCN(Cc4cnc(C)cn4)CC3)CC2=O)n1. The molecule has 9 nitrogen and oxygen atoms in total. The number of carbonyl (C=O) groups excluding carboxylic acids is 1. The third-order valence-electron chi connectivity index (χ3n) is 5.74. The summed E-state index contributed by atoms with van der Waals surface area (Å²) in [5.41, 5.74) is 1.53. The number of aromatic nitrogens is 4. The average Bonchev–Trinajstić information content (AvgIpc) is 3.12. The van der Waals surface area contributed by atoms with Gasteiger partial charge in [-0.05, 0) is 19.8 Å². The van der Waals surface area contributed by atoms with E-state index in [9.17, 15) is 4.79 Å². The largest absolute Gasteiger partial charge is 0.373 e. The Bertz CT molecular complexity index is 829. The van der Waals surface area contributed by atoms with Crippen molar-refractivity contribution >= 4 is 5.91 Å². The molecule has 0 unspecified atom stereocenters. The number of likely N-dealkylation sites (tertiary alicyclic amines) is 1. The summed E-state index contributed by atoms with van der Waals surface area (Å²) < 4.78 is 11.5. The predicted molar refractivity (Wildman–Crippen MR) is 104 cm³/mol. The number of hydrogen-bond acceptors (Lipinski definition) is 8. The van der Waals surface area contributed by atoms with Crippen molar-refractivity contribution in [3.8, 4) is 0 Å². The Hall–Kier alpha value is -2.39. The number of rotatable bonds is 5. The van der Waals surface area contributed by atoms with Gasteiger partial charge >= 0.3 is 0 Å². The Morgan fingerprint density at radius 2 is 1.97 bits per heavy atom. The standard InChI is InChI=1S/C20H28N6O3/c1-3-17-23-18(29-24-17)14-26-8-9-28-20(10-19(26)27)4-6-25(7-5-20)13-16-12-21-15(2)11-22-16/h11-12H,3-10,13-14H2,1-2H3. The summed E-state index contributed by atoms with van der Waals surface area (Å²) in [5, 5.41) is 3.91. The average molecular weight is 400 g/mol. The van der Waals surface area contributed by atoms with E-state index in [-0.39, 0.29) is 11.5 Å². The lowest BCUT2D eigenvalue weighted by molar-refractivity contribution is -0.136. The van der Waals surface area contributed by atoms with Crippen molar-refractivity contribution in [2.24, 2.45) is 0 Å². The van der Waals surface area contributed by atoms with Crippen molar-refractivity contribution in [1.29, 1.82) is 0 Å². The minimum atomic E-state index is -0.370. The molecule has 2 aliphatic rings. The molecule has 0 atom stereocenters. The van der Waals surface area contributed by atoms with Gasteiger partial charge in [0.15, 0.2) is 5.82 Å². The van der Waals surface area contributed by atoms with E-state index in [1.54, 1.807) is 11.1 Å². The quantitative estimate of drug-likeness (QED) is 0.745. The summed E-state index contributed by atoms with van der Waals surface area (Å²) in [4.78, 5) is 30.1. The van der Waals surface area contributed by atoms with E-state index in [1.165, 1.54) is 0 Å². The molecule has 2 saturated heterocycles. The van der Waals surface area contributed by atoms with Crippen LogP contribution in [0.5, 0.6) is 0 Å².